The van der Waals surface area contributed by atoms with E-state index in [-0.39, 0.29) is 0 Å². The predicted octanol–water partition coefficient (Wildman–Crippen LogP) is 8.49. The molecule has 0 amide bonds. The molecule has 5 heterocycles. The first-order valence-electron chi connectivity index (χ1n) is 13.6. The van der Waals surface area contributed by atoms with E-state index in [9.17, 15) is 0 Å². The minimum Gasteiger partial charge on any atom is -0.299 e. The van der Waals surface area contributed by atoms with Gasteiger partial charge in [0.1, 0.15) is 11.3 Å². The lowest BCUT2D eigenvalue weighted by Crippen LogP contribution is -1.92. The van der Waals surface area contributed by atoms with Crippen molar-refractivity contribution >= 4 is 27.5 Å². The van der Waals surface area contributed by atoms with Crippen LogP contribution in [0.4, 0.5) is 0 Å². The molecule has 3 aromatic carbocycles. The third-order valence-electron chi connectivity index (χ3n) is 7.48. The van der Waals surface area contributed by atoms with Crippen LogP contribution in [0.3, 0.4) is 0 Å². The van der Waals surface area contributed by atoms with E-state index in [1.165, 1.54) is 0 Å². The van der Waals surface area contributed by atoms with E-state index in [4.69, 9.17) is 15.0 Å². The standard InChI is InChI=1S/C36H23N5/c1-2-8-24(9-3-1)29-20-18-26-14-15-27-19-21-30(39-34(27)33(26)38-29)25-12-16-28(17-13-25)36-35(31-10-4-6-22-37-31)40-32-11-5-7-23-41(32)36/h1-23H. The van der Waals surface area contributed by atoms with Gasteiger partial charge in [-0.3, -0.25) is 9.38 Å². The van der Waals surface area contributed by atoms with Gasteiger partial charge < -0.3 is 0 Å². The van der Waals surface area contributed by atoms with Gasteiger partial charge in [-0.2, -0.15) is 0 Å². The summed E-state index contributed by atoms with van der Waals surface area (Å²) in [6.07, 6.45) is 3.85. The molecule has 0 bridgehead atoms. The number of pyridine rings is 4. The first-order chi connectivity index (χ1) is 20.3. The summed E-state index contributed by atoms with van der Waals surface area (Å²) < 4.78 is 2.12. The molecule has 5 aromatic heterocycles. The highest BCUT2D eigenvalue weighted by atomic mass is 15.0. The van der Waals surface area contributed by atoms with Gasteiger partial charge in [-0.25, -0.2) is 15.0 Å². The summed E-state index contributed by atoms with van der Waals surface area (Å²) in [6, 6.07) is 43.4. The Morgan fingerprint density at radius 3 is 1.73 bits per heavy atom. The maximum Gasteiger partial charge on any atom is 0.138 e. The molecule has 0 aliphatic rings. The van der Waals surface area contributed by atoms with Crippen LogP contribution in [0, 0.1) is 0 Å². The summed E-state index contributed by atoms with van der Waals surface area (Å²) in [5.41, 5.74) is 10.5. The molecule has 8 aromatic rings. The largest absolute Gasteiger partial charge is 0.299 e. The molecule has 0 saturated heterocycles. The van der Waals surface area contributed by atoms with Gasteiger partial charge in [-0.05, 0) is 36.4 Å². The summed E-state index contributed by atoms with van der Waals surface area (Å²) in [5.74, 6) is 0. The van der Waals surface area contributed by atoms with Gasteiger partial charge in [0.25, 0.3) is 0 Å². The number of hydrogen-bond acceptors (Lipinski definition) is 4. The van der Waals surface area contributed by atoms with Crippen molar-refractivity contribution < 1.29 is 0 Å². The van der Waals surface area contributed by atoms with Gasteiger partial charge in [0.15, 0.2) is 0 Å². The van der Waals surface area contributed by atoms with Crippen molar-refractivity contribution in [2.45, 2.75) is 0 Å². The quantitative estimate of drug-likeness (QED) is 0.216. The molecule has 5 heteroatoms. The van der Waals surface area contributed by atoms with Crippen molar-refractivity contribution in [3.63, 3.8) is 0 Å². The number of benzene rings is 3. The number of imidazole rings is 1. The van der Waals surface area contributed by atoms with Crippen LogP contribution in [0.1, 0.15) is 0 Å². The van der Waals surface area contributed by atoms with Gasteiger partial charge in [0.05, 0.1) is 33.8 Å². The first kappa shape index (κ1) is 23.2. The van der Waals surface area contributed by atoms with Crippen LogP contribution in [0.15, 0.2) is 140 Å². The molecule has 0 unspecified atom stereocenters. The van der Waals surface area contributed by atoms with E-state index in [1.807, 2.05) is 60.8 Å². The van der Waals surface area contributed by atoms with Crippen LogP contribution in [0.25, 0.3) is 72.6 Å². The molecule has 5 nitrogen and oxygen atoms in total. The lowest BCUT2D eigenvalue weighted by Gasteiger charge is -2.09. The van der Waals surface area contributed by atoms with Gasteiger partial charge in [0.2, 0.25) is 0 Å². The number of aromatic nitrogens is 5. The monoisotopic (exact) mass is 525 g/mol. The highest BCUT2D eigenvalue weighted by Gasteiger charge is 2.17. The zero-order valence-corrected chi connectivity index (χ0v) is 22.0. The van der Waals surface area contributed by atoms with E-state index in [1.54, 1.807) is 6.20 Å². The van der Waals surface area contributed by atoms with Crippen molar-refractivity contribution in [3.8, 4) is 45.2 Å². The SMILES string of the molecule is c1ccc(-c2ccc3ccc4ccc(-c5ccc(-c6c(-c7ccccn7)nc7ccccn67)cc5)nc4c3n2)cc1. The molecular formula is C36H23N5. The van der Waals surface area contributed by atoms with E-state index in [0.29, 0.717) is 0 Å². The molecule has 0 atom stereocenters. The van der Waals surface area contributed by atoms with Crippen LogP contribution in [0.2, 0.25) is 0 Å². The van der Waals surface area contributed by atoms with Crippen LogP contribution in [-0.2, 0) is 0 Å². The summed E-state index contributed by atoms with van der Waals surface area (Å²) in [6.45, 7) is 0. The fourth-order valence-corrected chi connectivity index (χ4v) is 5.45. The fourth-order valence-electron chi connectivity index (χ4n) is 5.45. The zero-order chi connectivity index (χ0) is 27.2. The van der Waals surface area contributed by atoms with Crippen LogP contribution in [-0.4, -0.2) is 24.3 Å². The topological polar surface area (TPSA) is 56.0 Å². The Balaban J connectivity index is 1.23. The van der Waals surface area contributed by atoms with E-state index in [2.05, 4.69) is 82.2 Å². The summed E-state index contributed by atoms with van der Waals surface area (Å²) in [7, 11) is 0. The molecular weight excluding hydrogens is 502 g/mol. The summed E-state index contributed by atoms with van der Waals surface area (Å²) in [4.78, 5) is 19.7. The third kappa shape index (κ3) is 4.03. The minimum atomic E-state index is 0.848. The van der Waals surface area contributed by atoms with Crippen molar-refractivity contribution in [1.29, 1.82) is 0 Å². The molecule has 0 fully saturated rings. The molecule has 0 saturated carbocycles. The lowest BCUT2D eigenvalue weighted by atomic mass is 10.0. The number of nitrogens with zero attached hydrogens (tertiary/aromatic N) is 5. The number of fused-ring (bicyclic) bond motifs is 4. The molecule has 41 heavy (non-hydrogen) atoms. The van der Waals surface area contributed by atoms with Crippen LogP contribution in [0.5, 0.6) is 0 Å². The van der Waals surface area contributed by atoms with Gasteiger partial charge in [-0.15, -0.1) is 0 Å². The molecule has 8 rings (SSSR count). The molecule has 0 aliphatic heterocycles. The van der Waals surface area contributed by atoms with Crippen molar-refractivity contribution in [3.05, 3.63) is 140 Å². The molecule has 0 spiro atoms. The minimum absolute atomic E-state index is 0.848. The Kier molecular flexibility index (Phi) is 5.38. The molecule has 0 aliphatic carbocycles. The fraction of sp³-hybridized carbons (Fsp3) is 0. The normalized spacial score (nSPS) is 11.4. The Hall–Kier alpha value is -5.68. The average Bonchev–Trinajstić information content (AvgIpc) is 3.45. The molecule has 0 radical (unpaired) electrons. The van der Waals surface area contributed by atoms with Crippen LogP contribution < -0.4 is 0 Å². The third-order valence-corrected chi connectivity index (χ3v) is 7.48. The zero-order valence-electron chi connectivity index (χ0n) is 22.0. The molecule has 0 N–H and O–H groups in total. The van der Waals surface area contributed by atoms with Crippen molar-refractivity contribution in [1.82, 2.24) is 24.3 Å². The smallest absolute Gasteiger partial charge is 0.138 e. The maximum absolute atomic E-state index is 5.13. The summed E-state index contributed by atoms with van der Waals surface area (Å²) >= 11 is 0. The number of hydrogen-bond donors (Lipinski definition) is 0. The first-order valence-corrected chi connectivity index (χ1v) is 13.6. The van der Waals surface area contributed by atoms with Gasteiger partial charge in [0, 0.05) is 39.9 Å². The maximum atomic E-state index is 5.13. The Labute approximate surface area is 236 Å². The van der Waals surface area contributed by atoms with E-state index in [0.717, 1.165) is 72.6 Å². The predicted molar refractivity (Wildman–Crippen MR) is 165 cm³/mol. The second kappa shape index (κ2) is 9.50. The van der Waals surface area contributed by atoms with Crippen molar-refractivity contribution in [2.24, 2.45) is 0 Å². The number of rotatable bonds is 4. The highest BCUT2D eigenvalue weighted by molar-refractivity contribution is 6.04. The van der Waals surface area contributed by atoms with Crippen molar-refractivity contribution in [2.75, 3.05) is 0 Å². The second-order valence-electron chi connectivity index (χ2n) is 10.00. The Bertz CT molecular complexity index is 2180. The Morgan fingerprint density at radius 2 is 1.05 bits per heavy atom. The van der Waals surface area contributed by atoms with E-state index >= 15 is 0 Å². The lowest BCUT2D eigenvalue weighted by molar-refractivity contribution is 1.19. The van der Waals surface area contributed by atoms with Gasteiger partial charge in [-0.1, -0.05) is 91.0 Å². The molecule has 192 valence electrons. The van der Waals surface area contributed by atoms with Gasteiger partial charge >= 0.3 is 0 Å². The second-order valence-corrected chi connectivity index (χ2v) is 10.00. The Morgan fingerprint density at radius 1 is 0.439 bits per heavy atom. The summed E-state index contributed by atoms with van der Waals surface area (Å²) in [5, 5.41) is 2.15. The van der Waals surface area contributed by atoms with Crippen LogP contribution >= 0.6 is 0 Å². The van der Waals surface area contributed by atoms with E-state index < -0.39 is 0 Å². The average molecular weight is 526 g/mol. The highest BCUT2D eigenvalue weighted by Crippen LogP contribution is 2.34.